The summed E-state index contributed by atoms with van der Waals surface area (Å²) in [6.45, 7) is 1.99. The molecule has 1 aliphatic heterocycles. The van der Waals surface area contributed by atoms with Gasteiger partial charge in [0.1, 0.15) is 5.57 Å². The Balaban J connectivity index is 1.95. The Morgan fingerprint density at radius 2 is 1.73 bits per heavy atom. The van der Waals surface area contributed by atoms with Crippen LogP contribution in [0.4, 0.5) is 5.69 Å². The van der Waals surface area contributed by atoms with E-state index < -0.39 is 5.91 Å². The summed E-state index contributed by atoms with van der Waals surface area (Å²) >= 11 is 3.38. The normalized spacial score (nSPS) is 16.3. The van der Waals surface area contributed by atoms with Gasteiger partial charge in [-0.1, -0.05) is 42.0 Å². The Labute approximate surface area is 136 Å². The number of carbonyl (C=O) groups is 2. The molecule has 0 spiro atoms. The van der Waals surface area contributed by atoms with E-state index in [-0.39, 0.29) is 11.5 Å². The number of hydrogen-bond donors (Lipinski definition) is 1. The number of halogens is 1. The van der Waals surface area contributed by atoms with Gasteiger partial charge in [0.2, 0.25) is 0 Å². The van der Waals surface area contributed by atoms with Crippen LogP contribution in [0, 0.1) is 6.92 Å². The summed E-state index contributed by atoms with van der Waals surface area (Å²) in [7, 11) is 0. The fourth-order valence-corrected chi connectivity index (χ4v) is 2.65. The van der Waals surface area contributed by atoms with E-state index in [1.165, 1.54) is 5.01 Å². The number of aryl methyl sites for hydroxylation is 1. The number of para-hydroxylation sites is 1. The van der Waals surface area contributed by atoms with Crippen LogP contribution in [0.2, 0.25) is 0 Å². The largest absolute Gasteiger partial charge is 0.282 e. The van der Waals surface area contributed by atoms with Crippen molar-refractivity contribution in [3.8, 4) is 0 Å². The van der Waals surface area contributed by atoms with Crippen molar-refractivity contribution in [2.45, 2.75) is 6.92 Å². The molecule has 0 unspecified atom stereocenters. The van der Waals surface area contributed by atoms with Gasteiger partial charge in [-0.15, -0.1) is 0 Å². The maximum Gasteiger partial charge on any atom is 0.282 e. The molecule has 1 N–H and O–H groups in total. The number of benzene rings is 2. The Kier molecular flexibility index (Phi) is 3.81. The topological polar surface area (TPSA) is 49.4 Å². The summed E-state index contributed by atoms with van der Waals surface area (Å²) < 4.78 is 0.736. The molecular formula is C17H13BrN2O2. The average Bonchev–Trinajstić information content (AvgIpc) is 2.78. The van der Waals surface area contributed by atoms with Crippen molar-refractivity contribution < 1.29 is 9.59 Å². The highest BCUT2D eigenvalue weighted by atomic mass is 79.9. The first kappa shape index (κ1) is 14.5. The zero-order valence-electron chi connectivity index (χ0n) is 11.8. The van der Waals surface area contributed by atoms with E-state index >= 15 is 0 Å². The predicted octanol–water partition coefficient (Wildman–Crippen LogP) is 3.22. The van der Waals surface area contributed by atoms with Gasteiger partial charge < -0.3 is 0 Å². The van der Waals surface area contributed by atoms with Crippen molar-refractivity contribution in [2.75, 3.05) is 5.01 Å². The monoisotopic (exact) mass is 356 g/mol. The highest BCUT2D eigenvalue weighted by molar-refractivity contribution is 9.10. The first-order valence-corrected chi connectivity index (χ1v) is 7.54. The van der Waals surface area contributed by atoms with Gasteiger partial charge in [0.05, 0.1) is 5.69 Å². The first-order valence-electron chi connectivity index (χ1n) is 6.74. The Morgan fingerprint density at radius 1 is 1.05 bits per heavy atom. The number of amides is 2. The zero-order valence-corrected chi connectivity index (χ0v) is 13.4. The molecule has 1 fully saturated rings. The lowest BCUT2D eigenvalue weighted by Crippen LogP contribution is -2.35. The van der Waals surface area contributed by atoms with E-state index in [4.69, 9.17) is 0 Å². The summed E-state index contributed by atoms with van der Waals surface area (Å²) in [4.78, 5) is 24.6. The van der Waals surface area contributed by atoms with Gasteiger partial charge in [-0.25, -0.2) is 5.01 Å². The van der Waals surface area contributed by atoms with Crippen molar-refractivity contribution in [1.29, 1.82) is 0 Å². The number of carbonyl (C=O) groups excluding carboxylic acids is 2. The molecule has 2 aromatic rings. The SMILES string of the molecule is Cc1ccc(/C=C2\C(=O)NN(c3ccccc3Br)C2=O)cc1. The molecule has 2 aromatic carbocycles. The maximum atomic E-state index is 12.5. The van der Waals surface area contributed by atoms with E-state index in [1.807, 2.05) is 43.3 Å². The van der Waals surface area contributed by atoms with Crippen LogP contribution >= 0.6 is 15.9 Å². The van der Waals surface area contributed by atoms with Crippen LogP contribution in [0.15, 0.2) is 58.6 Å². The molecule has 1 aliphatic rings. The fourth-order valence-electron chi connectivity index (χ4n) is 2.19. The number of nitrogens with one attached hydrogen (secondary N) is 1. The number of hydrogen-bond acceptors (Lipinski definition) is 2. The number of nitrogens with zero attached hydrogens (tertiary/aromatic N) is 1. The van der Waals surface area contributed by atoms with Crippen molar-refractivity contribution >= 4 is 39.5 Å². The summed E-state index contributed by atoms with van der Waals surface area (Å²) in [6.07, 6.45) is 1.61. The summed E-state index contributed by atoms with van der Waals surface area (Å²) in [5.41, 5.74) is 5.26. The molecule has 5 heteroatoms. The lowest BCUT2D eigenvalue weighted by Gasteiger charge is -2.15. The highest BCUT2D eigenvalue weighted by Gasteiger charge is 2.35. The molecule has 1 heterocycles. The first-order chi connectivity index (χ1) is 10.6. The van der Waals surface area contributed by atoms with Gasteiger partial charge >= 0.3 is 0 Å². The summed E-state index contributed by atoms with van der Waals surface area (Å²) in [5.74, 6) is -0.765. The molecule has 3 rings (SSSR count). The molecule has 1 saturated heterocycles. The van der Waals surface area contributed by atoms with Crippen LogP contribution in [0.5, 0.6) is 0 Å². The number of anilines is 1. The fraction of sp³-hybridized carbons (Fsp3) is 0.0588. The quantitative estimate of drug-likeness (QED) is 0.663. The number of rotatable bonds is 2. The van der Waals surface area contributed by atoms with Crippen LogP contribution in [0.25, 0.3) is 6.08 Å². The van der Waals surface area contributed by atoms with E-state index in [0.29, 0.717) is 5.69 Å². The third-order valence-corrected chi connectivity index (χ3v) is 4.04. The van der Waals surface area contributed by atoms with Gasteiger partial charge in [0.15, 0.2) is 0 Å². The van der Waals surface area contributed by atoms with Crippen LogP contribution in [0.1, 0.15) is 11.1 Å². The predicted molar refractivity (Wildman–Crippen MR) is 88.9 cm³/mol. The molecule has 0 aromatic heterocycles. The second kappa shape index (κ2) is 5.77. The van der Waals surface area contributed by atoms with Gasteiger partial charge in [0, 0.05) is 4.47 Å². The minimum absolute atomic E-state index is 0.125. The molecule has 4 nitrogen and oxygen atoms in total. The molecule has 22 heavy (non-hydrogen) atoms. The van der Waals surface area contributed by atoms with Crippen molar-refractivity contribution in [3.05, 3.63) is 69.7 Å². The molecule has 110 valence electrons. The highest BCUT2D eigenvalue weighted by Crippen LogP contribution is 2.28. The lowest BCUT2D eigenvalue weighted by molar-refractivity contribution is -0.117. The van der Waals surface area contributed by atoms with E-state index in [0.717, 1.165) is 15.6 Å². The molecule has 0 saturated carbocycles. The maximum absolute atomic E-state index is 12.5. The van der Waals surface area contributed by atoms with Crippen LogP contribution in [-0.2, 0) is 9.59 Å². The molecular weight excluding hydrogens is 344 g/mol. The van der Waals surface area contributed by atoms with Crippen LogP contribution < -0.4 is 10.4 Å². The van der Waals surface area contributed by atoms with Gasteiger partial charge in [-0.2, -0.15) is 0 Å². The van der Waals surface area contributed by atoms with E-state index in [9.17, 15) is 9.59 Å². The zero-order chi connectivity index (χ0) is 15.7. The molecule has 0 atom stereocenters. The van der Waals surface area contributed by atoms with Gasteiger partial charge in [-0.3, -0.25) is 15.0 Å². The Bertz CT molecular complexity index is 782. The van der Waals surface area contributed by atoms with Gasteiger partial charge in [0.25, 0.3) is 11.8 Å². The smallest absolute Gasteiger partial charge is 0.267 e. The summed E-state index contributed by atoms with van der Waals surface area (Å²) in [6, 6.07) is 14.9. The minimum atomic E-state index is -0.402. The van der Waals surface area contributed by atoms with Gasteiger partial charge in [-0.05, 0) is 46.6 Å². The third-order valence-electron chi connectivity index (χ3n) is 3.37. The Morgan fingerprint density at radius 3 is 2.41 bits per heavy atom. The van der Waals surface area contributed by atoms with E-state index in [2.05, 4.69) is 21.4 Å². The van der Waals surface area contributed by atoms with Crippen molar-refractivity contribution in [1.82, 2.24) is 5.43 Å². The molecule has 0 radical (unpaired) electrons. The van der Waals surface area contributed by atoms with E-state index in [1.54, 1.807) is 18.2 Å². The molecule has 0 bridgehead atoms. The Hall–Kier alpha value is -2.40. The second-order valence-electron chi connectivity index (χ2n) is 5.00. The molecule has 0 aliphatic carbocycles. The standard InChI is InChI=1S/C17H13BrN2O2/c1-11-6-8-12(9-7-11)10-13-16(21)19-20(17(13)22)15-5-3-2-4-14(15)18/h2-10H,1H3,(H,19,21)/b13-10+. The van der Waals surface area contributed by atoms with Crippen molar-refractivity contribution in [3.63, 3.8) is 0 Å². The minimum Gasteiger partial charge on any atom is -0.267 e. The second-order valence-corrected chi connectivity index (χ2v) is 5.86. The number of hydrazine groups is 1. The van der Waals surface area contributed by atoms with Crippen LogP contribution in [-0.4, -0.2) is 11.8 Å². The van der Waals surface area contributed by atoms with Crippen LogP contribution in [0.3, 0.4) is 0 Å². The molecule has 2 amide bonds. The van der Waals surface area contributed by atoms with Crippen molar-refractivity contribution in [2.24, 2.45) is 0 Å². The lowest BCUT2D eigenvalue weighted by atomic mass is 10.1. The summed E-state index contributed by atoms with van der Waals surface area (Å²) in [5, 5.41) is 1.26. The third kappa shape index (κ3) is 2.67. The average molecular weight is 357 g/mol.